The summed E-state index contributed by atoms with van der Waals surface area (Å²) in [7, 11) is -4.48. The first kappa shape index (κ1) is 11.5. The fraction of sp³-hybridized carbons (Fsp3) is 0.250. The van der Waals surface area contributed by atoms with Crippen molar-refractivity contribution in [2.24, 2.45) is 0 Å². The molecule has 1 rings (SSSR count). The summed E-state index contributed by atoms with van der Waals surface area (Å²) in [5, 5.41) is 0. The standard InChI is InChI=1S/C8H9FO3S2/c1-2-13-7-5-3-4-6(9)8(7)14(10,11)12/h3-5H,2H2,1H3,(H,10,11,12). The lowest BCUT2D eigenvalue weighted by Crippen LogP contribution is -2.03. The van der Waals surface area contributed by atoms with Crippen LogP contribution >= 0.6 is 11.8 Å². The maximum Gasteiger partial charge on any atom is 0.298 e. The highest BCUT2D eigenvalue weighted by Gasteiger charge is 2.20. The van der Waals surface area contributed by atoms with Crippen LogP contribution in [-0.2, 0) is 10.1 Å². The third kappa shape index (κ3) is 2.46. The smallest absolute Gasteiger partial charge is 0.282 e. The molecule has 0 aromatic heterocycles. The Morgan fingerprint density at radius 2 is 2.14 bits per heavy atom. The van der Waals surface area contributed by atoms with Crippen LogP contribution in [0.3, 0.4) is 0 Å². The average molecular weight is 236 g/mol. The van der Waals surface area contributed by atoms with Crippen molar-refractivity contribution in [3.05, 3.63) is 24.0 Å². The predicted molar refractivity (Wildman–Crippen MR) is 52.6 cm³/mol. The van der Waals surface area contributed by atoms with Crippen molar-refractivity contribution in [2.75, 3.05) is 5.75 Å². The Morgan fingerprint density at radius 3 is 2.64 bits per heavy atom. The van der Waals surface area contributed by atoms with Gasteiger partial charge in [-0.2, -0.15) is 8.42 Å². The molecule has 0 saturated carbocycles. The largest absolute Gasteiger partial charge is 0.298 e. The molecule has 1 aromatic carbocycles. The summed E-state index contributed by atoms with van der Waals surface area (Å²) in [5.41, 5.74) is 0. The molecule has 0 saturated heterocycles. The molecule has 0 fully saturated rings. The predicted octanol–water partition coefficient (Wildman–Crippen LogP) is 2.18. The van der Waals surface area contributed by atoms with Gasteiger partial charge in [0.15, 0.2) is 0 Å². The van der Waals surface area contributed by atoms with Gasteiger partial charge in [0.25, 0.3) is 10.1 Å². The van der Waals surface area contributed by atoms with Gasteiger partial charge in [-0.25, -0.2) is 4.39 Å². The van der Waals surface area contributed by atoms with Gasteiger partial charge in [-0.15, -0.1) is 11.8 Å². The average Bonchev–Trinajstić information content (AvgIpc) is 2.02. The maximum absolute atomic E-state index is 13.1. The van der Waals surface area contributed by atoms with E-state index in [9.17, 15) is 12.8 Å². The van der Waals surface area contributed by atoms with E-state index in [1.165, 1.54) is 12.1 Å². The second-order valence-corrected chi connectivity index (χ2v) is 5.14. The summed E-state index contributed by atoms with van der Waals surface area (Å²) in [6.07, 6.45) is 0. The minimum Gasteiger partial charge on any atom is -0.282 e. The first-order valence-electron chi connectivity index (χ1n) is 3.85. The van der Waals surface area contributed by atoms with E-state index in [0.717, 1.165) is 17.8 Å². The normalized spacial score (nSPS) is 11.6. The van der Waals surface area contributed by atoms with Gasteiger partial charge in [0, 0.05) is 4.90 Å². The third-order valence-corrected chi connectivity index (χ3v) is 3.49. The molecular weight excluding hydrogens is 227 g/mol. The molecular formula is C8H9FO3S2. The lowest BCUT2D eigenvalue weighted by molar-refractivity contribution is 0.469. The molecule has 14 heavy (non-hydrogen) atoms. The molecule has 0 unspecified atom stereocenters. The van der Waals surface area contributed by atoms with E-state index in [4.69, 9.17) is 4.55 Å². The van der Waals surface area contributed by atoms with Crippen LogP contribution in [0.4, 0.5) is 4.39 Å². The van der Waals surface area contributed by atoms with Crippen LogP contribution in [-0.4, -0.2) is 18.7 Å². The molecule has 0 aliphatic heterocycles. The number of thioether (sulfide) groups is 1. The Morgan fingerprint density at radius 1 is 1.50 bits per heavy atom. The highest BCUT2D eigenvalue weighted by Crippen LogP contribution is 2.28. The molecule has 0 amide bonds. The molecule has 0 radical (unpaired) electrons. The van der Waals surface area contributed by atoms with Crippen LogP contribution in [0.1, 0.15) is 6.92 Å². The second kappa shape index (κ2) is 4.29. The van der Waals surface area contributed by atoms with E-state index in [1.807, 2.05) is 6.92 Å². The molecule has 0 spiro atoms. The first-order valence-corrected chi connectivity index (χ1v) is 6.28. The van der Waals surface area contributed by atoms with E-state index in [2.05, 4.69) is 0 Å². The summed E-state index contributed by atoms with van der Waals surface area (Å²) >= 11 is 1.16. The van der Waals surface area contributed by atoms with Gasteiger partial charge in [-0.1, -0.05) is 13.0 Å². The van der Waals surface area contributed by atoms with Crippen molar-refractivity contribution in [1.29, 1.82) is 0 Å². The number of rotatable bonds is 3. The van der Waals surface area contributed by atoms with Crippen LogP contribution in [0.2, 0.25) is 0 Å². The van der Waals surface area contributed by atoms with E-state index in [0.29, 0.717) is 5.75 Å². The molecule has 0 heterocycles. The van der Waals surface area contributed by atoms with Gasteiger partial charge in [-0.05, 0) is 17.9 Å². The monoisotopic (exact) mass is 236 g/mol. The van der Waals surface area contributed by atoms with Crippen molar-refractivity contribution in [2.45, 2.75) is 16.7 Å². The van der Waals surface area contributed by atoms with Gasteiger partial charge in [-0.3, -0.25) is 4.55 Å². The Hall–Kier alpha value is -0.590. The fourth-order valence-electron chi connectivity index (χ4n) is 1.01. The molecule has 6 heteroatoms. The van der Waals surface area contributed by atoms with Crippen LogP contribution in [0.15, 0.2) is 28.0 Å². The zero-order valence-corrected chi connectivity index (χ0v) is 9.03. The van der Waals surface area contributed by atoms with Crippen molar-refractivity contribution in [3.63, 3.8) is 0 Å². The van der Waals surface area contributed by atoms with Gasteiger partial charge in [0.2, 0.25) is 0 Å². The number of hydrogen-bond donors (Lipinski definition) is 1. The Balaban J connectivity index is 3.37. The number of halogens is 1. The van der Waals surface area contributed by atoms with Crippen LogP contribution < -0.4 is 0 Å². The SMILES string of the molecule is CCSc1cccc(F)c1S(=O)(=O)O. The van der Waals surface area contributed by atoms with Crippen LogP contribution in [0.5, 0.6) is 0 Å². The molecule has 0 bridgehead atoms. The molecule has 78 valence electrons. The van der Waals surface area contributed by atoms with Gasteiger partial charge >= 0.3 is 0 Å². The van der Waals surface area contributed by atoms with E-state index >= 15 is 0 Å². The van der Waals surface area contributed by atoms with Crippen molar-refractivity contribution >= 4 is 21.9 Å². The van der Waals surface area contributed by atoms with Gasteiger partial charge in [0.05, 0.1) is 0 Å². The molecule has 0 aliphatic carbocycles. The zero-order chi connectivity index (χ0) is 10.8. The number of hydrogen-bond acceptors (Lipinski definition) is 3. The number of benzene rings is 1. The fourth-order valence-corrected chi connectivity index (χ4v) is 2.85. The molecule has 1 aromatic rings. The Kier molecular flexibility index (Phi) is 3.52. The summed E-state index contributed by atoms with van der Waals surface area (Å²) in [4.78, 5) is -0.401. The quantitative estimate of drug-likeness (QED) is 0.645. The van der Waals surface area contributed by atoms with Crippen molar-refractivity contribution in [3.8, 4) is 0 Å². The summed E-state index contributed by atoms with van der Waals surface area (Å²) < 4.78 is 43.6. The zero-order valence-electron chi connectivity index (χ0n) is 7.40. The second-order valence-electron chi connectivity index (χ2n) is 2.48. The van der Waals surface area contributed by atoms with Gasteiger partial charge in [0.1, 0.15) is 10.7 Å². The Bertz CT molecular complexity index is 428. The highest BCUT2D eigenvalue weighted by atomic mass is 32.2. The van der Waals surface area contributed by atoms with E-state index in [1.54, 1.807) is 0 Å². The lowest BCUT2D eigenvalue weighted by Gasteiger charge is -2.05. The van der Waals surface area contributed by atoms with E-state index < -0.39 is 20.8 Å². The summed E-state index contributed by atoms with van der Waals surface area (Å²) in [5.74, 6) is -0.322. The van der Waals surface area contributed by atoms with Crippen LogP contribution in [0.25, 0.3) is 0 Å². The van der Waals surface area contributed by atoms with Crippen molar-refractivity contribution in [1.82, 2.24) is 0 Å². The molecule has 0 aliphatic rings. The molecule has 0 atom stereocenters. The Labute approximate surface area is 86.1 Å². The van der Waals surface area contributed by atoms with Gasteiger partial charge < -0.3 is 0 Å². The highest BCUT2D eigenvalue weighted by molar-refractivity contribution is 7.99. The lowest BCUT2D eigenvalue weighted by atomic mass is 10.3. The maximum atomic E-state index is 13.1. The van der Waals surface area contributed by atoms with Crippen molar-refractivity contribution < 1.29 is 17.4 Å². The molecule has 1 N–H and O–H groups in total. The third-order valence-electron chi connectivity index (χ3n) is 1.49. The topological polar surface area (TPSA) is 54.4 Å². The molecule has 3 nitrogen and oxygen atoms in total. The minimum absolute atomic E-state index is 0.231. The minimum atomic E-state index is -4.48. The summed E-state index contributed by atoms with van der Waals surface area (Å²) in [6, 6.07) is 3.87. The summed E-state index contributed by atoms with van der Waals surface area (Å²) in [6.45, 7) is 1.81. The first-order chi connectivity index (χ1) is 6.46. The van der Waals surface area contributed by atoms with Crippen LogP contribution in [0, 0.1) is 5.82 Å². The van der Waals surface area contributed by atoms with E-state index in [-0.39, 0.29) is 4.90 Å².